The van der Waals surface area contributed by atoms with Gasteiger partial charge in [-0.1, -0.05) is 35.5 Å². The molecule has 106 valence electrons. The van der Waals surface area contributed by atoms with Gasteiger partial charge in [0.05, 0.1) is 10.6 Å². The van der Waals surface area contributed by atoms with Crippen LogP contribution in [0.1, 0.15) is 5.69 Å². The highest BCUT2D eigenvalue weighted by molar-refractivity contribution is 7.98. The molecule has 0 spiro atoms. The lowest BCUT2D eigenvalue weighted by molar-refractivity contribution is 0.426. The monoisotopic (exact) mass is 301 g/mol. The van der Waals surface area contributed by atoms with Gasteiger partial charge >= 0.3 is 5.69 Å². The van der Waals surface area contributed by atoms with Gasteiger partial charge in [0, 0.05) is 23.6 Å². The van der Waals surface area contributed by atoms with Crippen molar-refractivity contribution >= 4 is 11.8 Å². The molecule has 0 unspecified atom stereocenters. The van der Waals surface area contributed by atoms with Crippen LogP contribution in [0.15, 0.2) is 61.6 Å². The van der Waals surface area contributed by atoms with Crippen molar-refractivity contribution in [2.75, 3.05) is 0 Å². The second kappa shape index (κ2) is 5.84. The van der Waals surface area contributed by atoms with E-state index in [1.54, 1.807) is 0 Å². The molecule has 1 aromatic carbocycles. The molecule has 0 fully saturated rings. The highest BCUT2D eigenvalue weighted by Crippen LogP contribution is 2.23. The average Bonchev–Trinajstić information content (AvgIpc) is 2.96. The normalized spacial score (nSPS) is 10.7. The summed E-state index contributed by atoms with van der Waals surface area (Å²) in [5, 5.41) is 3.97. The Labute approximate surface area is 123 Å². The number of benzene rings is 1. The molecule has 0 aliphatic rings. The van der Waals surface area contributed by atoms with Crippen molar-refractivity contribution in [1.82, 2.24) is 15.1 Å². The van der Waals surface area contributed by atoms with E-state index in [0.717, 1.165) is 11.3 Å². The van der Waals surface area contributed by atoms with Crippen molar-refractivity contribution in [1.29, 1.82) is 0 Å². The summed E-state index contributed by atoms with van der Waals surface area (Å²) in [7, 11) is 0. The van der Waals surface area contributed by atoms with Crippen LogP contribution in [0.3, 0.4) is 0 Å². The number of aromatic amines is 2. The fourth-order valence-corrected chi connectivity index (χ4v) is 2.54. The third kappa shape index (κ3) is 3.14. The lowest BCUT2D eigenvalue weighted by atomic mass is 10.2. The minimum Gasteiger partial charge on any atom is -0.356 e. The highest BCUT2D eigenvalue weighted by atomic mass is 32.2. The molecule has 0 saturated carbocycles. The Kier molecular flexibility index (Phi) is 3.74. The maximum absolute atomic E-state index is 11.5. The number of hydrogen-bond donors (Lipinski definition) is 2. The molecular formula is C14H11N3O3S. The van der Waals surface area contributed by atoms with Crippen LogP contribution in [0.5, 0.6) is 0 Å². The zero-order chi connectivity index (χ0) is 14.7. The fraction of sp³-hybridized carbons (Fsp3) is 0.0714. The third-order valence-electron chi connectivity index (χ3n) is 2.78. The van der Waals surface area contributed by atoms with Crippen LogP contribution in [0, 0.1) is 0 Å². The van der Waals surface area contributed by atoms with Crippen molar-refractivity contribution in [3.63, 3.8) is 0 Å². The van der Waals surface area contributed by atoms with E-state index < -0.39 is 11.2 Å². The van der Waals surface area contributed by atoms with Gasteiger partial charge in [-0.25, -0.2) is 4.79 Å². The van der Waals surface area contributed by atoms with Gasteiger partial charge in [-0.05, 0) is 0 Å². The minimum absolute atomic E-state index is 0.407. The summed E-state index contributed by atoms with van der Waals surface area (Å²) in [5.41, 5.74) is 0.750. The lowest BCUT2D eigenvalue weighted by Crippen LogP contribution is -2.22. The summed E-state index contributed by atoms with van der Waals surface area (Å²) in [6.07, 6.45) is 1.39. The molecule has 2 aromatic heterocycles. The van der Waals surface area contributed by atoms with E-state index >= 15 is 0 Å². The SMILES string of the molecule is O=c1[nH]cc(SCc2cc(-c3ccccc3)on2)c(=O)[nH]1. The van der Waals surface area contributed by atoms with E-state index in [-0.39, 0.29) is 0 Å². The summed E-state index contributed by atoms with van der Waals surface area (Å²) >= 11 is 1.28. The number of aromatic nitrogens is 3. The van der Waals surface area contributed by atoms with Crippen molar-refractivity contribution in [2.45, 2.75) is 10.6 Å². The Bertz CT molecular complexity index is 851. The third-order valence-corrected chi connectivity index (χ3v) is 3.83. The molecule has 0 bridgehead atoms. The standard InChI is InChI=1S/C14H11N3O3S/c18-13-12(7-15-14(19)16-13)21-8-10-6-11(20-17-10)9-4-2-1-3-5-9/h1-7H,8H2,(H2,15,16,18,19). The molecule has 0 saturated heterocycles. The molecule has 0 aliphatic heterocycles. The largest absolute Gasteiger partial charge is 0.356 e. The number of nitrogens with one attached hydrogen (secondary N) is 2. The van der Waals surface area contributed by atoms with E-state index in [2.05, 4.69) is 15.1 Å². The molecular weight excluding hydrogens is 290 g/mol. The van der Waals surface area contributed by atoms with E-state index in [1.165, 1.54) is 18.0 Å². The van der Waals surface area contributed by atoms with Gasteiger partial charge in [0.25, 0.3) is 5.56 Å². The number of hydrogen-bond acceptors (Lipinski definition) is 5. The summed E-state index contributed by atoms with van der Waals surface area (Å²) in [6.45, 7) is 0. The van der Waals surface area contributed by atoms with Crippen LogP contribution in [0.4, 0.5) is 0 Å². The second-order valence-electron chi connectivity index (χ2n) is 4.27. The first kappa shape index (κ1) is 13.4. The Morgan fingerprint density at radius 1 is 1.19 bits per heavy atom. The average molecular weight is 301 g/mol. The number of nitrogens with zero attached hydrogens (tertiary/aromatic N) is 1. The quantitative estimate of drug-likeness (QED) is 0.719. The van der Waals surface area contributed by atoms with Crippen LogP contribution in [-0.4, -0.2) is 15.1 Å². The van der Waals surface area contributed by atoms with Gasteiger partial charge in [0.1, 0.15) is 0 Å². The second-order valence-corrected chi connectivity index (χ2v) is 5.29. The van der Waals surface area contributed by atoms with Crippen LogP contribution >= 0.6 is 11.8 Å². The molecule has 3 rings (SSSR count). The topological polar surface area (TPSA) is 91.8 Å². The zero-order valence-electron chi connectivity index (χ0n) is 10.8. The number of rotatable bonds is 4. The van der Waals surface area contributed by atoms with Crippen molar-refractivity contribution in [2.24, 2.45) is 0 Å². The molecule has 2 N–H and O–H groups in total. The van der Waals surface area contributed by atoms with Gasteiger partial charge < -0.3 is 9.51 Å². The van der Waals surface area contributed by atoms with Crippen LogP contribution in [0.2, 0.25) is 0 Å². The number of H-pyrrole nitrogens is 2. The predicted molar refractivity (Wildman–Crippen MR) is 79.2 cm³/mol. The van der Waals surface area contributed by atoms with Gasteiger partial charge in [-0.15, -0.1) is 11.8 Å². The molecule has 7 heteroatoms. The first-order valence-corrected chi connectivity index (χ1v) is 7.17. The molecule has 0 atom stereocenters. The van der Waals surface area contributed by atoms with E-state index in [1.807, 2.05) is 36.4 Å². The van der Waals surface area contributed by atoms with Crippen molar-refractivity contribution in [3.8, 4) is 11.3 Å². The van der Waals surface area contributed by atoms with E-state index in [4.69, 9.17) is 4.52 Å². The van der Waals surface area contributed by atoms with Crippen LogP contribution in [-0.2, 0) is 5.75 Å². The Hall–Kier alpha value is -2.54. The van der Waals surface area contributed by atoms with Gasteiger partial charge in [-0.3, -0.25) is 9.78 Å². The maximum atomic E-state index is 11.5. The fourth-order valence-electron chi connectivity index (χ4n) is 1.77. The first-order valence-electron chi connectivity index (χ1n) is 6.18. The van der Waals surface area contributed by atoms with E-state index in [0.29, 0.717) is 16.4 Å². The van der Waals surface area contributed by atoms with Gasteiger partial charge in [0.15, 0.2) is 5.76 Å². The minimum atomic E-state index is -0.517. The zero-order valence-corrected chi connectivity index (χ0v) is 11.6. The van der Waals surface area contributed by atoms with Crippen LogP contribution in [0.25, 0.3) is 11.3 Å². The summed E-state index contributed by atoms with van der Waals surface area (Å²) in [4.78, 5) is 27.5. The van der Waals surface area contributed by atoms with Crippen LogP contribution < -0.4 is 11.2 Å². The Morgan fingerprint density at radius 2 is 2.00 bits per heavy atom. The molecule has 2 heterocycles. The van der Waals surface area contributed by atoms with Crippen molar-refractivity contribution in [3.05, 3.63) is 69.1 Å². The Balaban J connectivity index is 1.73. The molecule has 0 amide bonds. The van der Waals surface area contributed by atoms with E-state index in [9.17, 15) is 9.59 Å². The maximum Gasteiger partial charge on any atom is 0.325 e. The highest BCUT2D eigenvalue weighted by Gasteiger charge is 2.08. The van der Waals surface area contributed by atoms with Crippen molar-refractivity contribution < 1.29 is 4.52 Å². The molecule has 6 nitrogen and oxygen atoms in total. The molecule has 21 heavy (non-hydrogen) atoms. The first-order chi connectivity index (χ1) is 10.2. The summed E-state index contributed by atoms with van der Waals surface area (Å²) in [5.74, 6) is 1.16. The molecule has 3 aromatic rings. The predicted octanol–water partition coefficient (Wildman–Crippen LogP) is 2.01. The lowest BCUT2D eigenvalue weighted by Gasteiger charge is -1.96. The molecule has 0 radical (unpaired) electrons. The summed E-state index contributed by atoms with van der Waals surface area (Å²) < 4.78 is 5.28. The van der Waals surface area contributed by atoms with Gasteiger partial charge in [0.2, 0.25) is 0 Å². The molecule has 0 aliphatic carbocycles. The Morgan fingerprint density at radius 3 is 2.76 bits per heavy atom. The van der Waals surface area contributed by atoms with Gasteiger partial charge in [-0.2, -0.15) is 0 Å². The number of thioether (sulfide) groups is 1. The smallest absolute Gasteiger partial charge is 0.325 e. The summed E-state index contributed by atoms with van der Waals surface area (Å²) in [6, 6.07) is 11.5.